The highest BCUT2D eigenvalue weighted by Crippen LogP contribution is 2.23. The van der Waals surface area contributed by atoms with Crippen LogP contribution in [0, 0.1) is 9.39 Å². The molecular formula is C10H10FIN2O. The molecule has 15 heavy (non-hydrogen) atoms. The van der Waals surface area contributed by atoms with Crippen LogP contribution < -0.4 is 10.6 Å². The van der Waals surface area contributed by atoms with E-state index < -0.39 is 0 Å². The van der Waals surface area contributed by atoms with Gasteiger partial charge in [0.05, 0.1) is 0 Å². The maximum Gasteiger partial charge on any atom is 0.228 e. The van der Waals surface area contributed by atoms with Gasteiger partial charge < -0.3 is 10.6 Å². The number of carbonyl (C=O) groups is 1. The standard InChI is InChI=1S/C10H10FIN2O/c11-8-4-7(1-2-9(8)12)14-5-6(13)3-10(14)15/h1-2,4,6H,3,5,13H2. The quantitative estimate of drug-likeness (QED) is 0.797. The van der Waals surface area contributed by atoms with E-state index in [9.17, 15) is 9.18 Å². The SMILES string of the molecule is NC1CC(=O)N(c2ccc(I)c(F)c2)C1. The predicted octanol–water partition coefficient (Wildman–Crippen LogP) is 1.49. The van der Waals surface area contributed by atoms with Gasteiger partial charge >= 0.3 is 0 Å². The molecule has 1 atom stereocenters. The van der Waals surface area contributed by atoms with Crippen LogP contribution in [0.25, 0.3) is 0 Å². The van der Waals surface area contributed by atoms with Gasteiger partial charge in [-0.15, -0.1) is 0 Å². The number of amides is 1. The lowest BCUT2D eigenvalue weighted by Crippen LogP contribution is -2.28. The lowest BCUT2D eigenvalue weighted by Gasteiger charge is -2.16. The molecule has 1 amide bonds. The fraction of sp³-hybridized carbons (Fsp3) is 0.300. The summed E-state index contributed by atoms with van der Waals surface area (Å²) < 4.78 is 13.8. The van der Waals surface area contributed by atoms with Gasteiger partial charge in [0.15, 0.2) is 0 Å². The van der Waals surface area contributed by atoms with E-state index in [1.54, 1.807) is 12.1 Å². The van der Waals surface area contributed by atoms with E-state index in [-0.39, 0.29) is 17.8 Å². The summed E-state index contributed by atoms with van der Waals surface area (Å²) in [6.07, 6.45) is 0.341. The topological polar surface area (TPSA) is 46.3 Å². The van der Waals surface area contributed by atoms with Crippen molar-refractivity contribution in [3.8, 4) is 0 Å². The number of rotatable bonds is 1. The van der Waals surface area contributed by atoms with Crippen LogP contribution in [0.4, 0.5) is 10.1 Å². The summed E-state index contributed by atoms with van der Waals surface area (Å²) in [6, 6.07) is 4.63. The minimum Gasteiger partial charge on any atom is -0.326 e. The molecule has 3 nitrogen and oxygen atoms in total. The van der Waals surface area contributed by atoms with E-state index in [2.05, 4.69) is 0 Å². The van der Waals surface area contributed by atoms with Gasteiger partial charge in [-0.25, -0.2) is 4.39 Å². The summed E-state index contributed by atoms with van der Waals surface area (Å²) in [7, 11) is 0. The van der Waals surface area contributed by atoms with Crippen LogP contribution in [0.15, 0.2) is 18.2 Å². The number of nitrogens with zero attached hydrogens (tertiary/aromatic N) is 1. The van der Waals surface area contributed by atoms with Crippen molar-refractivity contribution < 1.29 is 9.18 Å². The molecule has 1 saturated heterocycles. The first-order valence-electron chi connectivity index (χ1n) is 4.59. The molecule has 1 aromatic rings. The van der Waals surface area contributed by atoms with E-state index in [1.165, 1.54) is 11.0 Å². The molecule has 1 aliphatic rings. The van der Waals surface area contributed by atoms with Gasteiger partial charge in [-0.1, -0.05) is 0 Å². The Labute approximate surface area is 101 Å². The number of hydrogen-bond donors (Lipinski definition) is 1. The Kier molecular flexibility index (Phi) is 2.92. The summed E-state index contributed by atoms with van der Waals surface area (Å²) >= 11 is 1.91. The van der Waals surface area contributed by atoms with Crippen LogP contribution in [0.1, 0.15) is 6.42 Å². The number of hydrogen-bond acceptors (Lipinski definition) is 2. The Morgan fingerprint density at radius 2 is 2.27 bits per heavy atom. The number of carbonyl (C=O) groups excluding carboxylic acids is 1. The summed E-state index contributed by atoms with van der Waals surface area (Å²) in [4.78, 5) is 13.0. The third-order valence-electron chi connectivity index (χ3n) is 2.37. The molecule has 1 fully saturated rings. The lowest BCUT2D eigenvalue weighted by molar-refractivity contribution is -0.117. The first kappa shape index (κ1) is 10.8. The van der Waals surface area contributed by atoms with Crippen molar-refractivity contribution in [3.05, 3.63) is 27.6 Å². The van der Waals surface area contributed by atoms with Crippen LogP contribution in [-0.4, -0.2) is 18.5 Å². The second-order valence-corrected chi connectivity index (χ2v) is 4.73. The second-order valence-electron chi connectivity index (χ2n) is 3.57. The fourth-order valence-corrected chi connectivity index (χ4v) is 1.97. The van der Waals surface area contributed by atoms with Crippen molar-refractivity contribution in [1.29, 1.82) is 0 Å². The molecule has 0 aliphatic carbocycles. The molecule has 1 aromatic carbocycles. The molecule has 0 radical (unpaired) electrons. The molecule has 2 N–H and O–H groups in total. The Balaban J connectivity index is 2.30. The Morgan fingerprint density at radius 1 is 1.53 bits per heavy atom. The van der Waals surface area contributed by atoms with Gasteiger partial charge in [-0.3, -0.25) is 4.79 Å². The lowest BCUT2D eigenvalue weighted by atomic mass is 10.3. The zero-order chi connectivity index (χ0) is 11.0. The van der Waals surface area contributed by atoms with Crippen molar-refractivity contribution in [3.63, 3.8) is 0 Å². The molecule has 0 bridgehead atoms. The van der Waals surface area contributed by atoms with Crippen molar-refractivity contribution in [1.82, 2.24) is 0 Å². The average molecular weight is 320 g/mol. The predicted molar refractivity (Wildman–Crippen MR) is 64.1 cm³/mol. The second kappa shape index (κ2) is 4.05. The van der Waals surface area contributed by atoms with Gasteiger partial charge in [0.1, 0.15) is 5.82 Å². The molecule has 1 heterocycles. The maximum absolute atomic E-state index is 13.3. The molecule has 5 heteroatoms. The summed E-state index contributed by atoms with van der Waals surface area (Å²) in [5, 5.41) is 0. The highest BCUT2D eigenvalue weighted by atomic mass is 127. The Hall–Kier alpha value is -0.690. The van der Waals surface area contributed by atoms with Crippen LogP contribution in [-0.2, 0) is 4.79 Å². The molecule has 80 valence electrons. The number of nitrogens with two attached hydrogens (primary N) is 1. The molecule has 0 aromatic heterocycles. The Morgan fingerprint density at radius 3 is 2.80 bits per heavy atom. The van der Waals surface area contributed by atoms with Crippen molar-refractivity contribution in [2.75, 3.05) is 11.4 Å². The van der Waals surface area contributed by atoms with Crippen molar-refractivity contribution in [2.45, 2.75) is 12.5 Å². The monoisotopic (exact) mass is 320 g/mol. The number of halogens is 2. The maximum atomic E-state index is 13.3. The molecule has 1 aliphatic heterocycles. The smallest absolute Gasteiger partial charge is 0.228 e. The highest BCUT2D eigenvalue weighted by Gasteiger charge is 2.28. The van der Waals surface area contributed by atoms with Gasteiger partial charge in [0, 0.05) is 28.3 Å². The largest absolute Gasteiger partial charge is 0.326 e. The molecular weight excluding hydrogens is 310 g/mol. The highest BCUT2D eigenvalue weighted by molar-refractivity contribution is 14.1. The third-order valence-corrected chi connectivity index (χ3v) is 3.24. The van der Waals surface area contributed by atoms with Crippen LogP contribution in [0.3, 0.4) is 0 Å². The minimum atomic E-state index is -0.304. The zero-order valence-corrected chi connectivity index (χ0v) is 10.1. The summed E-state index contributed by atoms with van der Waals surface area (Å²) in [5.41, 5.74) is 6.25. The van der Waals surface area contributed by atoms with Crippen LogP contribution in [0.5, 0.6) is 0 Å². The normalized spacial score (nSPS) is 21.1. The fourth-order valence-electron chi connectivity index (χ4n) is 1.64. The summed E-state index contributed by atoms with van der Waals surface area (Å²) in [6.45, 7) is 0.471. The van der Waals surface area contributed by atoms with Gasteiger partial charge in [-0.05, 0) is 40.8 Å². The van der Waals surface area contributed by atoms with E-state index in [4.69, 9.17) is 5.73 Å². The summed E-state index contributed by atoms with van der Waals surface area (Å²) in [5.74, 6) is -0.343. The Bertz CT molecular complexity index is 410. The minimum absolute atomic E-state index is 0.0388. The molecule has 0 spiro atoms. The molecule has 2 rings (SSSR count). The first-order chi connectivity index (χ1) is 7.08. The van der Waals surface area contributed by atoms with Crippen LogP contribution in [0.2, 0.25) is 0 Å². The van der Waals surface area contributed by atoms with E-state index in [0.29, 0.717) is 22.2 Å². The average Bonchev–Trinajstić information content (AvgIpc) is 2.50. The first-order valence-corrected chi connectivity index (χ1v) is 5.67. The zero-order valence-electron chi connectivity index (χ0n) is 7.91. The molecule has 0 saturated carbocycles. The van der Waals surface area contributed by atoms with Crippen LogP contribution >= 0.6 is 22.6 Å². The van der Waals surface area contributed by atoms with Gasteiger partial charge in [0.2, 0.25) is 5.91 Å². The van der Waals surface area contributed by atoms with Crippen molar-refractivity contribution in [2.24, 2.45) is 5.73 Å². The third kappa shape index (κ3) is 2.12. The number of benzene rings is 1. The van der Waals surface area contributed by atoms with Crippen molar-refractivity contribution >= 4 is 34.2 Å². The molecule has 1 unspecified atom stereocenters. The van der Waals surface area contributed by atoms with E-state index in [0.717, 1.165) is 0 Å². The van der Waals surface area contributed by atoms with Gasteiger partial charge in [-0.2, -0.15) is 0 Å². The van der Waals surface area contributed by atoms with E-state index in [1.807, 2.05) is 22.6 Å². The van der Waals surface area contributed by atoms with E-state index >= 15 is 0 Å². The number of anilines is 1. The van der Waals surface area contributed by atoms with Gasteiger partial charge in [0.25, 0.3) is 0 Å².